The van der Waals surface area contributed by atoms with E-state index in [1.807, 2.05) is 0 Å². The molecule has 1 saturated heterocycles. The first-order chi connectivity index (χ1) is 10.4. The fourth-order valence-corrected chi connectivity index (χ4v) is 4.62. The summed E-state index contributed by atoms with van der Waals surface area (Å²) in [5.74, 6) is -1.47. The van der Waals surface area contributed by atoms with Crippen LogP contribution < -0.4 is 10.4 Å². The molecule has 1 aromatic carbocycles. The molecule has 2 aliphatic heterocycles. The molecule has 22 heavy (non-hydrogen) atoms. The van der Waals surface area contributed by atoms with Gasteiger partial charge in [0.1, 0.15) is 0 Å². The number of anilines is 1. The zero-order valence-corrected chi connectivity index (χ0v) is 12.6. The number of carbonyl (C=O) groups excluding carboxylic acids is 2. The summed E-state index contributed by atoms with van der Waals surface area (Å²) in [5, 5.41) is 13.8. The molecule has 0 bridgehead atoms. The molecule has 1 fully saturated rings. The number of fused-ring (bicyclic) bond motifs is 1. The fraction of sp³-hybridized carbons (Fsp3) is 0.429. The predicted octanol–water partition coefficient (Wildman–Crippen LogP) is -0.526. The van der Waals surface area contributed by atoms with E-state index in [1.54, 1.807) is 6.07 Å². The third-order valence-electron chi connectivity index (χ3n) is 4.05. The molecule has 0 spiro atoms. The summed E-state index contributed by atoms with van der Waals surface area (Å²) < 4.78 is 26.3. The number of amides is 1. The highest BCUT2D eigenvalue weighted by Crippen LogP contribution is 2.30. The van der Waals surface area contributed by atoms with E-state index in [9.17, 15) is 23.1 Å². The third-order valence-corrected chi connectivity index (χ3v) is 5.96. The van der Waals surface area contributed by atoms with Crippen LogP contribution in [0.25, 0.3) is 0 Å². The number of rotatable bonds is 3. The number of carboxylic acid groups (broad SMARTS) is 1. The normalized spacial score (nSPS) is 22.2. The van der Waals surface area contributed by atoms with Gasteiger partial charge in [-0.25, -0.2) is 8.42 Å². The van der Waals surface area contributed by atoms with Crippen LogP contribution in [-0.4, -0.2) is 37.2 Å². The van der Waals surface area contributed by atoms with Crippen LogP contribution in [0.2, 0.25) is 0 Å². The zero-order valence-electron chi connectivity index (χ0n) is 11.7. The van der Waals surface area contributed by atoms with Gasteiger partial charge < -0.3 is 15.2 Å². The summed E-state index contributed by atoms with van der Waals surface area (Å²) in [6, 6.07) is 3.34. The summed E-state index contributed by atoms with van der Waals surface area (Å²) in [5.41, 5.74) is 1.35. The van der Waals surface area contributed by atoms with E-state index in [4.69, 9.17) is 0 Å². The molecule has 1 aromatic rings. The Morgan fingerprint density at radius 3 is 2.82 bits per heavy atom. The number of carboxylic acids is 1. The molecule has 1 atom stereocenters. The maximum atomic E-state index is 12.6. The summed E-state index contributed by atoms with van der Waals surface area (Å²) >= 11 is 0. The molecule has 2 heterocycles. The van der Waals surface area contributed by atoms with Gasteiger partial charge in [0.05, 0.1) is 16.9 Å². The molecule has 1 amide bonds. The lowest BCUT2D eigenvalue weighted by Crippen LogP contribution is -2.46. The van der Waals surface area contributed by atoms with E-state index in [-0.39, 0.29) is 23.8 Å². The van der Waals surface area contributed by atoms with Crippen molar-refractivity contribution in [3.8, 4) is 0 Å². The first-order valence-corrected chi connectivity index (χ1v) is 8.49. The van der Waals surface area contributed by atoms with E-state index in [2.05, 4.69) is 5.32 Å². The fourth-order valence-electron chi connectivity index (χ4n) is 2.92. The summed E-state index contributed by atoms with van der Waals surface area (Å²) in [6.07, 6.45) is 1.54. The number of carbonyl (C=O) groups is 2. The molecule has 0 saturated carbocycles. The van der Waals surface area contributed by atoms with Gasteiger partial charge >= 0.3 is 0 Å². The van der Waals surface area contributed by atoms with Crippen LogP contribution in [-0.2, 0) is 26.0 Å². The van der Waals surface area contributed by atoms with E-state index in [0.717, 1.165) is 9.87 Å². The molecular formula is C14H15N2O5S-. The molecule has 8 heteroatoms. The molecule has 2 aliphatic rings. The second-order valence-electron chi connectivity index (χ2n) is 5.46. The number of aliphatic carboxylic acids is 1. The lowest BCUT2D eigenvalue weighted by atomic mass is 10.0. The monoisotopic (exact) mass is 323 g/mol. The van der Waals surface area contributed by atoms with Crippen molar-refractivity contribution >= 4 is 27.6 Å². The molecule has 7 nitrogen and oxygen atoms in total. The van der Waals surface area contributed by atoms with Crippen LogP contribution in [0, 0.1) is 0 Å². The van der Waals surface area contributed by atoms with Crippen molar-refractivity contribution in [3.05, 3.63) is 23.8 Å². The molecule has 0 aliphatic carbocycles. The van der Waals surface area contributed by atoms with Crippen LogP contribution in [0.3, 0.4) is 0 Å². The van der Waals surface area contributed by atoms with Gasteiger partial charge in [-0.1, -0.05) is 0 Å². The molecule has 1 unspecified atom stereocenters. The van der Waals surface area contributed by atoms with Crippen molar-refractivity contribution in [1.29, 1.82) is 0 Å². The minimum atomic E-state index is -3.88. The maximum Gasteiger partial charge on any atom is 0.243 e. The Balaban J connectivity index is 1.96. The third kappa shape index (κ3) is 2.48. The van der Waals surface area contributed by atoms with Gasteiger partial charge in [-0.05, 0) is 43.0 Å². The Hall–Kier alpha value is -1.93. The second kappa shape index (κ2) is 5.36. The first-order valence-electron chi connectivity index (χ1n) is 7.05. The maximum absolute atomic E-state index is 12.6. The number of hydrogen-bond donors (Lipinski definition) is 1. The zero-order chi connectivity index (χ0) is 15.9. The number of hydrogen-bond acceptors (Lipinski definition) is 5. The van der Waals surface area contributed by atoms with Crippen LogP contribution in [0.15, 0.2) is 23.1 Å². The van der Waals surface area contributed by atoms with Crippen molar-refractivity contribution < 1.29 is 23.1 Å². The Morgan fingerprint density at radius 1 is 1.32 bits per heavy atom. The average molecular weight is 323 g/mol. The molecule has 1 N–H and O–H groups in total. The Labute approximate surface area is 128 Å². The largest absolute Gasteiger partial charge is 0.548 e. The van der Waals surface area contributed by atoms with E-state index in [1.165, 1.54) is 12.1 Å². The smallest absolute Gasteiger partial charge is 0.243 e. The predicted molar refractivity (Wildman–Crippen MR) is 75.3 cm³/mol. The molecular weight excluding hydrogens is 308 g/mol. The highest BCUT2D eigenvalue weighted by Gasteiger charge is 2.36. The Morgan fingerprint density at radius 2 is 2.09 bits per heavy atom. The number of nitrogens with one attached hydrogen (secondary N) is 1. The SMILES string of the molecule is O=C1CCc2cc(S(=O)(=O)N3CCCC3C(=O)[O-])ccc2N1. The van der Waals surface area contributed by atoms with Crippen molar-refractivity contribution in [2.45, 2.75) is 36.6 Å². The minimum Gasteiger partial charge on any atom is -0.548 e. The van der Waals surface area contributed by atoms with Crippen LogP contribution in [0.1, 0.15) is 24.8 Å². The topological polar surface area (TPSA) is 107 Å². The molecule has 0 radical (unpaired) electrons. The second-order valence-corrected chi connectivity index (χ2v) is 7.35. The Bertz CT molecular complexity index is 744. The van der Waals surface area contributed by atoms with Gasteiger partial charge in [0.2, 0.25) is 15.9 Å². The average Bonchev–Trinajstić information content (AvgIpc) is 2.97. The van der Waals surface area contributed by atoms with Crippen molar-refractivity contribution in [1.82, 2.24) is 4.31 Å². The minimum absolute atomic E-state index is 0.0514. The number of aryl methyl sites for hydroxylation is 1. The van der Waals surface area contributed by atoms with E-state index in [0.29, 0.717) is 24.9 Å². The highest BCUT2D eigenvalue weighted by atomic mass is 32.2. The van der Waals surface area contributed by atoms with Crippen molar-refractivity contribution in [3.63, 3.8) is 0 Å². The lowest BCUT2D eigenvalue weighted by Gasteiger charge is -2.25. The molecule has 118 valence electrons. The van der Waals surface area contributed by atoms with Gasteiger partial charge in [-0.2, -0.15) is 4.31 Å². The number of benzene rings is 1. The summed E-state index contributed by atoms with van der Waals surface area (Å²) in [6.45, 7) is 0.175. The van der Waals surface area contributed by atoms with Crippen LogP contribution in [0.4, 0.5) is 5.69 Å². The molecule has 0 aromatic heterocycles. The first kappa shape index (κ1) is 15.0. The van der Waals surface area contributed by atoms with Gasteiger partial charge in [0, 0.05) is 18.7 Å². The van der Waals surface area contributed by atoms with Gasteiger partial charge in [0.25, 0.3) is 0 Å². The van der Waals surface area contributed by atoms with Gasteiger partial charge in [0.15, 0.2) is 0 Å². The summed E-state index contributed by atoms with van der Waals surface area (Å²) in [4.78, 5) is 22.5. The van der Waals surface area contributed by atoms with Crippen molar-refractivity contribution in [2.24, 2.45) is 0 Å². The number of nitrogens with zero attached hydrogens (tertiary/aromatic N) is 1. The van der Waals surface area contributed by atoms with Gasteiger partial charge in [-0.15, -0.1) is 0 Å². The van der Waals surface area contributed by atoms with Crippen molar-refractivity contribution in [2.75, 3.05) is 11.9 Å². The standard InChI is InChI=1S/C14H16N2O5S/c17-13-6-3-9-8-10(4-5-11(9)15-13)22(20,21)16-7-1-2-12(16)14(18)19/h4-5,8,12H,1-3,6-7H2,(H,15,17)(H,18,19)/p-1. The highest BCUT2D eigenvalue weighted by molar-refractivity contribution is 7.89. The van der Waals surface area contributed by atoms with E-state index < -0.39 is 22.0 Å². The number of sulfonamides is 1. The van der Waals surface area contributed by atoms with Crippen LogP contribution >= 0.6 is 0 Å². The summed E-state index contributed by atoms with van der Waals surface area (Å²) in [7, 11) is -3.88. The van der Waals surface area contributed by atoms with E-state index >= 15 is 0 Å². The molecule has 3 rings (SSSR count). The lowest BCUT2D eigenvalue weighted by molar-refractivity contribution is -0.309. The van der Waals surface area contributed by atoms with Gasteiger partial charge in [-0.3, -0.25) is 4.79 Å². The quantitative estimate of drug-likeness (QED) is 0.805. The Kier molecular flexibility index (Phi) is 3.65. The van der Waals surface area contributed by atoms with Crippen LogP contribution in [0.5, 0.6) is 0 Å².